The van der Waals surface area contributed by atoms with Crippen LogP contribution in [-0.4, -0.2) is 31.8 Å². The van der Waals surface area contributed by atoms with Gasteiger partial charge < -0.3 is 19.5 Å². The van der Waals surface area contributed by atoms with Gasteiger partial charge in [-0.1, -0.05) is 17.7 Å². The van der Waals surface area contributed by atoms with Crippen molar-refractivity contribution in [3.05, 3.63) is 53.1 Å². The van der Waals surface area contributed by atoms with Gasteiger partial charge in [-0.2, -0.15) is 0 Å². The van der Waals surface area contributed by atoms with Crippen LogP contribution in [0.15, 0.2) is 42.5 Å². The number of nitrogens with one attached hydrogen (secondary N) is 1. The summed E-state index contributed by atoms with van der Waals surface area (Å²) < 4.78 is 16.8. The fourth-order valence-corrected chi connectivity index (χ4v) is 2.97. The van der Waals surface area contributed by atoms with Crippen molar-refractivity contribution in [2.75, 3.05) is 25.1 Å². The number of carbonyl (C=O) groups is 1. The van der Waals surface area contributed by atoms with Crippen molar-refractivity contribution in [1.29, 1.82) is 0 Å². The predicted molar refractivity (Wildman–Crippen MR) is 101 cm³/mol. The predicted octanol–water partition coefficient (Wildman–Crippen LogP) is 4.22. The van der Waals surface area contributed by atoms with Crippen LogP contribution in [-0.2, 0) is 9.53 Å². The monoisotopic (exact) mass is 375 g/mol. The molecule has 1 amide bonds. The third kappa shape index (κ3) is 5.38. The van der Waals surface area contributed by atoms with Gasteiger partial charge in [-0.15, -0.1) is 0 Å². The van der Waals surface area contributed by atoms with Gasteiger partial charge in [-0.3, -0.25) is 4.79 Å². The maximum absolute atomic E-state index is 12.1. The zero-order valence-electron chi connectivity index (χ0n) is 14.7. The molecule has 3 rings (SSSR count). The van der Waals surface area contributed by atoms with E-state index < -0.39 is 0 Å². The molecule has 0 bridgehead atoms. The number of halogens is 1. The Morgan fingerprint density at radius 1 is 1.27 bits per heavy atom. The average molecular weight is 376 g/mol. The molecule has 1 saturated heterocycles. The standard InChI is InChI=1S/C20H22ClNO4/c1-14-10-15(21)7-8-19(14)26-13-20(23)22-16-4-2-5-17(11-16)25-12-18-6-3-9-24-18/h2,4-5,7-8,10-11,18H,3,6,9,12-13H2,1H3,(H,22,23). The highest BCUT2D eigenvalue weighted by atomic mass is 35.5. The summed E-state index contributed by atoms with van der Waals surface area (Å²) in [7, 11) is 0. The summed E-state index contributed by atoms with van der Waals surface area (Å²) in [6, 6.07) is 12.6. The van der Waals surface area contributed by atoms with Crippen molar-refractivity contribution >= 4 is 23.2 Å². The second kappa shape index (κ2) is 8.92. The minimum Gasteiger partial charge on any atom is -0.491 e. The summed E-state index contributed by atoms with van der Waals surface area (Å²) in [6.45, 7) is 3.13. The normalized spacial score (nSPS) is 16.3. The lowest BCUT2D eigenvalue weighted by atomic mass is 10.2. The van der Waals surface area contributed by atoms with Crippen LogP contribution in [0.3, 0.4) is 0 Å². The molecule has 1 unspecified atom stereocenters. The van der Waals surface area contributed by atoms with Crippen LogP contribution < -0.4 is 14.8 Å². The first-order valence-electron chi connectivity index (χ1n) is 8.63. The smallest absolute Gasteiger partial charge is 0.262 e. The van der Waals surface area contributed by atoms with Crippen LogP contribution in [0.1, 0.15) is 18.4 Å². The minimum atomic E-state index is -0.240. The Labute approximate surface area is 158 Å². The minimum absolute atomic E-state index is 0.0799. The molecular formula is C20H22ClNO4. The van der Waals surface area contributed by atoms with Gasteiger partial charge in [0.1, 0.15) is 18.1 Å². The van der Waals surface area contributed by atoms with E-state index in [9.17, 15) is 4.79 Å². The molecule has 1 aliphatic heterocycles. The van der Waals surface area contributed by atoms with E-state index in [2.05, 4.69) is 5.32 Å². The Bertz CT molecular complexity index is 759. The number of benzene rings is 2. The van der Waals surface area contributed by atoms with Crippen LogP contribution in [0.2, 0.25) is 5.02 Å². The Morgan fingerprint density at radius 3 is 2.92 bits per heavy atom. The van der Waals surface area contributed by atoms with Gasteiger partial charge in [-0.25, -0.2) is 0 Å². The third-order valence-electron chi connectivity index (χ3n) is 4.07. The molecule has 0 aliphatic carbocycles. The zero-order valence-corrected chi connectivity index (χ0v) is 15.4. The van der Waals surface area contributed by atoms with E-state index in [-0.39, 0.29) is 18.6 Å². The number of aryl methyl sites for hydroxylation is 1. The molecule has 2 aromatic rings. The van der Waals surface area contributed by atoms with Gasteiger partial charge in [0.15, 0.2) is 6.61 Å². The molecule has 0 spiro atoms. The maximum atomic E-state index is 12.1. The molecule has 1 N–H and O–H groups in total. The first-order chi connectivity index (χ1) is 12.6. The van der Waals surface area contributed by atoms with Crippen molar-refractivity contribution in [1.82, 2.24) is 0 Å². The van der Waals surface area contributed by atoms with Crippen LogP contribution in [0.4, 0.5) is 5.69 Å². The van der Waals surface area contributed by atoms with Crippen LogP contribution in [0.25, 0.3) is 0 Å². The van der Waals surface area contributed by atoms with Crippen molar-refractivity contribution in [2.24, 2.45) is 0 Å². The number of carbonyl (C=O) groups excluding carboxylic acids is 1. The van der Waals surface area contributed by atoms with Crippen LogP contribution in [0, 0.1) is 6.92 Å². The van der Waals surface area contributed by atoms with Crippen LogP contribution in [0.5, 0.6) is 11.5 Å². The molecule has 1 heterocycles. The molecule has 0 aromatic heterocycles. The number of rotatable bonds is 7. The summed E-state index contributed by atoms with van der Waals surface area (Å²) in [5.74, 6) is 1.10. The molecule has 1 aliphatic rings. The highest BCUT2D eigenvalue weighted by Crippen LogP contribution is 2.22. The molecule has 26 heavy (non-hydrogen) atoms. The Balaban J connectivity index is 1.49. The largest absolute Gasteiger partial charge is 0.491 e. The highest BCUT2D eigenvalue weighted by molar-refractivity contribution is 6.30. The Kier molecular flexibility index (Phi) is 6.36. The van der Waals surface area contributed by atoms with E-state index in [4.69, 9.17) is 25.8 Å². The molecule has 138 valence electrons. The molecular weight excluding hydrogens is 354 g/mol. The Morgan fingerprint density at radius 2 is 2.15 bits per heavy atom. The van der Waals surface area contributed by atoms with E-state index in [1.54, 1.807) is 24.3 Å². The number of hydrogen-bond donors (Lipinski definition) is 1. The SMILES string of the molecule is Cc1cc(Cl)ccc1OCC(=O)Nc1cccc(OCC2CCCO2)c1. The topological polar surface area (TPSA) is 56.8 Å². The Hall–Kier alpha value is -2.24. The number of anilines is 1. The fourth-order valence-electron chi connectivity index (χ4n) is 2.74. The van der Waals surface area contributed by atoms with E-state index >= 15 is 0 Å². The number of ether oxygens (including phenoxy) is 3. The molecule has 1 fully saturated rings. The lowest BCUT2D eigenvalue weighted by Gasteiger charge is -2.13. The molecule has 1 atom stereocenters. The molecule has 0 radical (unpaired) electrons. The summed E-state index contributed by atoms with van der Waals surface area (Å²) in [6.07, 6.45) is 2.26. The number of hydrogen-bond acceptors (Lipinski definition) is 4. The zero-order chi connectivity index (χ0) is 18.4. The van der Waals surface area contributed by atoms with E-state index in [0.717, 1.165) is 25.0 Å². The van der Waals surface area contributed by atoms with Gasteiger partial charge in [-0.05, 0) is 55.7 Å². The van der Waals surface area contributed by atoms with Crippen molar-refractivity contribution in [2.45, 2.75) is 25.9 Å². The summed E-state index contributed by atoms with van der Waals surface area (Å²) in [5.41, 5.74) is 1.55. The molecule has 6 heteroatoms. The second-order valence-corrected chi connectivity index (χ2v) is 6.66. The number of amides is 1. The van der Waals surface area contributed by atoms with Gasteiger partial charge in [0.05, 0.1) is 6.10 Å². The summed E-state index contributed by atoms with van der Waals surface area (Å²) >= 11 is 5.91. The maximum Gasteiger partial charge on any atom is 0.262 e. The third-order valence-corrected chi connectivity index (χ3v) is 4.31. The van der Waals surface area contributed by atoms with Gasteiger partial charge in [0.2, 0.25) is 0 Å². The van der Waals surface area contributed by atoms with E-state index in [0.29, 0.717) is 28.8 Å². The first kappa shape index (κ1) is 18.5. The van der Waals surface area contributed by atoms with Crippen molar-refractivity contribution in [3.63, 3.8) is 0 Å². The second-order valence-electron chi connectivity index (χ2n) is 6.22. The highest BCUT2D eigenvalue weighted by Gasteiger charge is 2.16. The van der Waals surface area contributed by atoms with E-state index in [1.165, 1.54) is 0 Å². The van der Waals surface area contributed by atoms with E-state index in [1.807, 2.05) is 25.1 Å². The average Bonchev–Trinajstić information content (AvgIpc) is 3.13. The lowest BCUT2D eigenvalue weighted by Crippen LogP contribution is -2.20. The van der Waals surface area contributed by atoms with Crippen molar-refractivity contribution < 1.29 is 19.0 Å². The van der Waals surface area contributed by atoms with Gasteiger partial charge in [0.25, 0.3) is 5.91 Å². The summed E-state index contributed by atoms with van der Waals surface area (Å²) in [5, 5.41) is 3.45. The van der Waals surface area contributed by atoms with Gasteiger partial charge >= 0.3 is 0 Å². The van der Waals surface area contributed by atoms with Crippen LogP contribution >= 0.6 is 11.6 Å². The fraction of sp³-hybridized carbons (Fsp3) is 0.350. The summed E-state index contributed by atoms with van der Waals surface area (Å²) in [4.78, 5) is 12.1. The molecule has 2 aromatic carbocycles. The quantitative estimate of drug-likeness (QED) is 0.787. The lowest BCUT2D eigenvalue weighted by molar-refractivity contribution is -0.118. The first-order valence-corrected chi connectivity index (χ1v) is 9.01. The van der Waals surface area contributed by atoms with Gasteiger partial charge in [0, 0.05) is 23.4 Å². The molecule has 5 nitrogen and oxygen atoms in total. The van der Waals surface area contributed by atoms with Crippen molar-refractivity contribution in [3.8, 4) is 11.5 Å². The molecule has 0 saturated carbocycles.